The van der Waals surface area contributed by atoms with Gasteiger partial charge < -0.3 is 20.1 Å². The molecular formula is C31H52N2O5. The monoisotopic (exact) mass is 532 g/mol. The standard InChI is InChI=1S/C31H52N2O5/c1-3-4-5-6-7-8-9-10-11-12-13-14-15-19-30(35)32-28-17-16-18-29(26-28)33-31(36)21-23-38-25-24-37-22-20-27(2)34/h16-18,26H,3-15,19-25H2,1-2H3,(H,32,35)(H,33,36). The lowest BCUT2D eigenvalue weighted by Crippen LogP contribution is -2.16. The van der Waals surface area contributed by atoms with Gasteiger partial charge in [-0.1, -0.05) is 90.0 Å². The van der Waals surface area contributed by atoms with E-state index >= 15 is 0 Å². The van der Waals surface area contributed by atoms with E-state index < -0.39 is 0 Å². The fourth-order valence-corrected chi connectivity index (χ4v) is 4.13. The van der Waals surface area contributed by atoms with E-state index in [-0.39, 0.29) is 30.6 Å². The first kappa shape index (κ1) is 33.8. The predicted octanol–water partition coefficient (Wildman–Crippen LogP) is 7.45. The summed E-state index contributed by atoms with van der Waals surface area (Å²) in [6, 6.07) is 7.20. The molecule has 38 heavy (non-hydrogen) atoms. The molecule has 1 aromatic rings. The highest BCUT2D eigenvalue weighted by Crippen LogP contribution is 2.17. The van der Waals surface area contributed by atoms with E-state index in [0.717, 1.165) is 12.8 Å². The van der Waals surface area contributed by atoms with Gasteiger partial charge in [-0.3, -0.25) is 14.4 Å². The van der Waals surface area contributed by atoms with Gasteiger partial charge in [-0.05, 0) is 31.5 Å². The summed E-state index contributed by atoms with van der Waals surface area (Å²) in [5, 5.41) is 5.77. The lowest BCUT2D eigenvalue weighted by Gasteiger charge is -2.09. The fraction of sp³-hybridized carbons (Fsp3) is 0.710. The third kappa shape index (κ3) is 20.8. The molecule has 0 unspecified atom stereocenters. The molecule has 0 aliphatic heterocycles. The first-order valence-electron chi connectivity index (χ1n) is 14.9. The Morgan fingerprint density at radius 3 is 1.55 bits per heavy atom. The predicted molar refractivity (Wildman–Crippen MR) is 156 cm³/mol. The van der Waals surface area contributed by atoms with Crippen LogP contribution in [-0.4, -0.2) is 44.0 Å². The first-order chi connectivity index (χ1) is 18.5. The van der Waals surface area contributed by atoms with Crippen LogP contribution >= 0.6 is 0 Å². The second-order valence-electron chi connectivity index (χ2n) is 10.1. The van der Waals surface area contributed by atoms with Crippen LogP contribution in [0.4, 0.5) is 11.4 Å². The van der Waals surface area contributed by atoms with Crippen LogP contribution in [0.25, 0.3) is 0 Å². The van der Waals surface area contributed by atoms with Crippen LogP contribution in [0.3, 0.4) is 0 Å². The van der Waals surface area contributed by atoms with Crippen LogP contribution in [-0.2, 0) is 23.9 Å². The van der Waals surface area contributed by atoms with Crippen molar-refractivity contribution in [1.82, 2.24) is 0 Å². The summed E-state index contributed by atoms with van der Waals surface area (Å²) < 4.78 is 10.7. The molecule has 0 fully saturated rings. The largest absolute Gasteiger partial charge is 0.379 e. The number of carbonyl (C=O) groups excluding carboxylic acids is 3. The molecule has 0 saturated heterocycles. The van der Waals surface area contributed by atoms with Crippen molar-refractivity contribution in [2.24, 2.45) is 0 Å². The zero-order valence-corrected chi connectivity index (χ0v) is 24.0. The van der Waals surface area contributed by atoms with Crippen molar-refractivity contribution in [3.8, 4) is 0 Å². The quantitative estimate of drug-likeness (QED) is 0.128. The van der Waals surface area contributed by atoms with Crippen molar-refractivity contribution < 1.29 is 23.9 Å². The van der Waals surface area contributed by atoms with Crippen molar-refractivity contribution in [3.63, 3.8) is 0 Å². The first-order valence-corrected chi connectivity index (χ1v) is 14.9. The zero-order chi connectivity index (χ0) is 27.7. The topological polar surface area (TPSA) is 93.7 Å². The second-order valence-corrected chi connectivity index (χ2v) is 10.1. The normalized spacial score (nSPS) is 10.9. The van der Waals surface area contributed by atoms with Gasteiger partial charge in [0.2, 0.25) is 11.8 Å². The summed E-state index contributed by atoms with van der Waals surface area (Å²) in [6.07, 6.45) is 17.9. The van der Waals surface area contributed by atoms with Gasteiger partial charge in [0, 0.05) is 24.2 Å². The number of nitrogens with one attached hydrogen (secondary N) is 2. The van der Waals surface area contributed by atoms with Gasteiger partial charge in [0.25, 0.3) is 0 Å². The van der Waals surface area contributed by atoms with Crippen molar-refractivity contribution in [3.05, 3.63) is 24.3 Å². The van der Waals surface area contributed by atoms with E-state index in [9.17, 15) is 14.4 Å². The summed E-state index contributed by atoms with van der Waals surface area (Å²) in [7, 11) is 0. The maximum absolute atomic E-state index is 12.3. The van der Waals surface area contributed by atoms with Gasteiger partial charge in [-0.15, -0.1) is 0 Å². The van der Waals surface area contributed by atoms with Crippen LogP contribution < -0.4 is 10.6 Å². The average molecular weight is 533 g/mol. The number of Topliss-reactive ketones (excluding diaryl/α,β-unsaturated/α-hetero) is 1. The molecule has 0 heterocycles. The molecule has 7 nitrogen and oxygen atoms in total. The number of hydrogen-bond donors (Lipinski definition) is 2. The Morgan fingerprint density at radius 2 is 1.05 bits per heavy atom. The zero-order valence-electron chi connectivity index (χ0n) is 24.0. The fourth-order valence-electron chi connectivity index (χ4n) is 4.13. The Morgan fingerprint density at radius 1 is 0.605 bits per heavy atom. The van der Waals surface area contributed by atoms with Gasteiger partial charge in [0.15, 0.2) is 0 Å². The maximum atomic E-state index is 12.3. The number of ether oxygens (including phenoxy) is 2. The highest BCUT2D eigenvalue weighted by molar-refractivity contribution is 5.94. The molecule has 1 rings (SSSR count). The van der Waals surface area contributed by atoms with Crippen LogP contribution in [0, 0.1) is 0 Å². The Kier molecular flexibility index (Phi) is 21.2. The minimum atomic E-state index is -0.155. The third-order valence-corrected chi connectivity index (χ3v) is 6.38. The number of anilines is 2. The lowest BCUT2D eigenvalue weighted by molar-refractivity contribution is -0.119. The summed E-state index contributed by atoms with van der Waals surface area (Å²) in [5.41, 5.74) is 1.32. The van der Waals surface area contributed by atoms with Crippen molar-refractivity contribution in [2.75, 3.05) is 37.1 Å². The van der Waals surface area contributed by atoms with E-state index in [2.05, 4.69) is 17.6 Å². The molecule has 0 aliphatic rings. The molecule has 0 aliphatic carbocycles. The van der Waals surface area contributed by atoms with Crippen molar-refractivity contribution in [2.45, 2.75) is 117 Å². The number of benzene rings is 1. The van der Waals surface area contributed by atoms with Gasteiger partial charge in [0.1, 0.15) is 5.78 Å². The summed E-state index contributed by atoms with van der Waals surface area (Å²) >= 11 is 0. The van der Waals surface area contributed by atoms with Gasteiger partial charge in [0.05, 0.1) is 32.8 Å². The third-order valence-electron chi connectivity index (χ3n) is 6.38. The van der Waals surface area contributed by atoms with E-state index in [1.165, 1.54) is 77.6 Å². The number of ketones is 1. The maximum Gasteiger partial charge on any atom is 0.226 e. The molecular weight excluding hydrogens is 480 g/mol. The molecule has 1 aromatic carbocycles. The molecule has 216 valence electrons. The summed E-state index contributed by atoms with van der Waals surface area (Å²) in [4.78, 5) is 35.3. The molecule has 0 saturated carbocycles. The molecule has 0 radical (unpaired) electrons. The van der Waals surface area contributed by atoms with Crippen molar-refractivity contribution in [1.29, 1.82) is 0 Å². The molecule has 0 spiro atoms. The number of hydrogen-bond acceptors (Lipinski definition) is 5. The minimum Gasteiger partial charge on any atom is -0.379 e. The lowest BCUT2D eigenvalue weighted by atomic mass is 10.0. The smallest absolute Gasteiger partial charge is 0.226 e. The van der Waals surface area contributed by atoms with E-state index in [1.807, 2.05) is 12.1 Å². The Bertz CT molecular complexity index is 768. The number of rotatable bonds is 25. The summed E-state index contributed by atoms with van der Waals surface area (Å²) in [6.45, 7) is 5.25. The molecule has 7 heteroatoms. The minimum absolute atomic E-state index is 0.00970. The van der Waals surface area contributed by atoms with Gasteiger partial charge >= 0.3 is 0 Å². The second kappa shape index (κ2) is 23.8. The SMILES string of the molecule is CCCCCCCCCCCCCCCC(=O)Nc1cccc(NC(=O)CCOCCOCCC(C)=O)c1. The van der Waals surface area contributed by atoms with Crippen LogP contribution in [0.2, 0.25) is 0 Å². The number of amides is 2. The van der Waals surface area contributed by atoms with Crippen LogP contribution in [0.5, 0.6) is 0 Å². The highest BCUT2D eigenvalue weighted by Gasteiger charge is 2.06. The van der Waals surface area contributed by atoms with Crippen LogP contribution in [0.15, 0.2) is 24.3 Å². The van der Waals surface area contributed by atoms with Gasteiger partial charge in [-0.25, -0.2) is 0 Å². The molecule has 0 bridgehead atoms. The van der Waals surface area contributed by atoms with E-state index in [1.54, 1.807) is 12.1 Å². The molecule has 0 aromatic heterocycles. The van der Waals surface area contributed by atoms with Gasteiger partial charge in [-0.2, -0.15) is 0 Å². The number of unbranched alkanes of at least 4 members (excludes halogenated alkanes) is 12. The average Bonchev–Trinajstić information content (AvgIpc) is 2.88. The van der Waals surface area contributed by atoms with Crippen molar-refractivity contribution >= 4 is 29.0 Å². The Balaban J connectivity index is 2.06. The van der Waals surface area contributed by atoms with E-state index in [4.69, 9.17) is 9.47 Å². The molecule has 2 amide bonds. The molecule has 0 atom stereocenters. The molecule has 2 N–H and O–H groups in total. The summed E-state index contributed by atoms with van der Waals surface area (Å²) in [5.74, 6) is -0.0468. The highest BCUT2D eigenvalue weighted by atomic mass is 16.5. The number of carbonyl (C=O) groups is 3. The Hall–Kier alpha value is -2.25. The Labute approximate surface area is 230 Å². The van der Waals surface area contributed by atoms with E-state index in [0.29, 0.717) is 44.0 Å². The van der Waals surface area contributed by atoms with Crippen LogP contribution in [0.1, 0.15) is 117 Å².